The molecule has 1 aromatic rings. The van der Waals surface area contributed by atoms with Crippen LogP contribution in [0.2, 0.25) is 0 Å². The largest absolute Gasteiger partial charge is 0.353 e. The summed E-state index contributed by atoms with van der Waals surface area (Å²) in [7, 11) is -2.88. The lowest BCUT2D eigenvalue weighted by molar-refractivity contribution is -0.125. The van der Waals surface area contributed by atoms with Crippen molar-refractivity contribution in [2.45, 2.75) is 39.2 Å². The molecule has 0 unspecified atom stereocenters. The number of hydrogen-bond donors (Lipinski definition) is 1. The lowest BCUT2D eigenvalue weighted by Crippen LogP contribution is -2.43. The first-order valence-corrected chi connectivity index (χ1v) is 9.24. The molecule has 4 nitrogen and oxygen atoms in total. The zero-order chi connectivity index (χ0) is 15.5. The van der Waals surface area contributed by atoms with Gasteiger partial charge in [0, 0.05) is 12.0 Å². The van der Waals surface area contributed by atoms with Crippen molar-refractivity contribution < 1.29 is 13.2 Å². The topological polar surface area (TPSA) is 63.2 Å². The zero-order valence-electron chi connectivity index (χ0n) is 12.6. The molecule has 2 rings (SSSR count). The maximum absolute atomic E-state index is 12.2. The molecule has 0 radical (unpaired) electrons. The first-order valence-electron chi connectivity index (χ1n) is 7.42. The van der Waals surface area contributed by atoms with Crippen LogP contribution in [-0.2, 0) is 21.1 Å². The van der Waals surface area contributed by atoms with Crippen molar-refractivity contribution in [2.75, 3.05) is 11.5 Å². The Morgan fingerprint density at radius 1 is 1.24 bits per heavy atom. The van der Waals surface area contributed by atoms with Crippen LogP contribution in [0.4, 0.5) is 0 Å². The van der Waals surface area contributed by atoms with Crippen LogP contribution in [-0.4, -0.2) is 31.9 Å². The molecular formula is C16H23NO3S. The van der Waals surface area contributed by atoms with Gasteiger partial charge >= 0.3 is 0 Å². The fourth-order valence-electron chi connectivity index (χ4n) is 2.55. The van der Waals surface area contributed by atoms with Gasteiger partial charge in [-0.25, -0.2) is 8.42 Å². The van der Waals surface area contributed by atoms with Gasteiger partial charge in [0.2, 0.25) is 5.91 Å². The molecule has 1 fully saturated rings. The second kappa shape index (κ2) is 6.60. The minimum absolute atomic E-state index is 0.00138. The van der Waals surface area contributed by atoms with E-state index < -0.39 is 9.84 Å². The summed E-state index contributed by atoms with van der Waals surface area (Å²) in [6.45, 7) is 3.95. The highest BCUT2D eigenvalue weighted by Gasteiger charge is 2.25. The van der Waals surface area contributed by atoms with Crippen LogP contribution in [0.1, 0.15) is 30.9 Å². The van der Waals surface area contributed by atoms with Crippen LogP contribution in [0.3, 0.4) is 0 Å². The number of sulfone groups is 1. The molecule has 1 N–H and O–H groups in total. The molecule has 0 saturated carbocycles. The summed E-state index contributed by atoms with van der Waals surface area (Å²) in [4.78, 5) is 12.2. The van der Waals surface area contributed by atoms with Crippen molar-refractivity contribution in [3.8, 4) is 0 Å². The molecule has 1 aliphatic heterocycles. The fraction of sp³-hybridized carbons (Fsp3) is 0.562. The van der Waals surface area contributed by atoms with Crippen LogP contribution in [0.15, 0.2) is 24.3 Å². The molecule has 1 heterocycles. The van der Waals surface area contributed by atoms with E-state index in [1.54, 1.807) is 0 Å². The van der Waals surface area contributed by atoms with Gasteiger partial charge in [-0.15, -0.1) is 0 Å². The van der Waals surface area contributed by atoms with Crippen LogP contribution in [0.5, 0.6) is 0 Å². The van der Waals surface area contributed by atoms with Crippen molar-refractivity contribution in [2.24, 2.45) is 5.92 Å². The third kappa shape index (κ3) is 4.84. The van der Waals surface area contributed by atoms with E-state index >= 15 is 0 Å². The Bertz CT molecular complexity index is 578. The molecule has 1 atom stereocenters. The quantitative estimate of drug-likeness (QED) is 0.923. The summed E-state index contributed by atoms with van der Waals surface area (Å²) >= 11 is 0. The maximum Gasteiger partial charge on any atom is 0.223 e. The second-order valence-electron chi connectivity index (χ2n) is 6.03. The number of rotatable bonds is 4. The van der Waals surface area contributed by atoms with Gasteiger partial charge in [-0.2, -0.15) is 0 Å². The highest BCUT2D eigenvalue weighted by molar-refractivity contribution is 7.91. The Morgan fingerprint density at radius 3 is 2.38 bits per heavy atom. The molecule has 0 spiro atoms. The molecule has 1 aromatic carbocycles. The average Bonchev–Trinajstić information content (AvgIpc) is 2.43. The van der Waals surface area contributed by atoms with E-state index in [2.05, 4.69) is 5.32 Å². The van der Waals surface area contributed by atoms with E-state index in [1.807, 2.05) is 38.1 Å². The van der Waals surface area contributed by atoms with Crippen molar-refractivity contribution in [3.63, 3.8) is 0 Å². The number of hydrogen-bond acceptors (Lipinski definition) is 3. The lowest BCUT2D eigenvalue weighted by Gasteiger charge is -2.24. The van der Waals surface area contributed by atoms with Crippen molar-refractivity contribution >= 4 is 15.7 Å². The SMILES string of the molecule is Cc1ccc(C[C@H](C)C(=O)NC2CCS(=O)(=O)CC2)cc1. The monoisotopic (exact) mass is 309 g/mol. The Labute approximate surface area is 126 Å². The molecular weight excluding hydrogens is 286 g/mol. The zero-order valence-corrected chi connectivity index (χ0v) is 13.4. The average molecular weight is 309 g/mol. The van der Waals surface area contributed by atoms with E-state index in [0.29, 0.717) is 19.3 Å². The van der Waals surface area contributed by atoms with Gasteiger partial charge in [0.1, 0.15) is 9.84 Å². The van der Waals surface area contributed by atoms with Gasteiger partial charge in [0.15, 0.2) is 0 Å². The summed E-state index contributed by atoms with van der Waals surface area (Å²) in [6.07, 6.45) is 1.77. The number of carbonyl (C=O) groups excluding carboxylic acids is 1. The summed E-state index contributed by atoms with van der Waals surface area (Å²) in [5.41, 5.74) is 2.36. The highest BCUT2D eigenvalue weighted by atomic mass is 32.2. The van der Waals surface area contributed by atoms with Crippen LogP contribution in [0, 0.1) is 12.8 Å². The maximum atomic E-state index is 12.2. The minimum Gasteiger partial charge on any atom is -0.353 e. The fourth-order valence-corrected chi connectivity index (χ4v) is 4.04. The number of carbonyl (C=O) groups is 1. The highest BCUT2D eigenvalue weighted by Crippen LogP contribution is 2.14. The second-order valence-corrected chi connectivity index (χ2v) is 8.33. The molecule has 0 aromatic heterocycles. The molecule has 116 valence electrons. The van der Waals surface area contributed by atoms with Gasteiger partial charge in [-0.3, -0.25) is 4.79 Å². The van der Waals surface area contributed by atoms with E-state index in [1.165, 1.54) is 5.56 Å². The van der Waals surface area contributed by atoms with E-state index in [0.717, 1.165) is 5.56 Å². The summed E-state index contributed by atoms with van der Waals surface area (Å²) in [5, 5.41) is 2.98. The van der Waals surface area contributed by atoms with Crippen molar-refractivity contribution in [1.82, 2.24) is 5.32 Å². The van der Waals surface area contributed by atoms with Gasteiger partial charge in [-0.1, -0.05) is 36.8 Å². The molecule has 5 heteroatoms. The van der Waals surface area contributed by atoms with Gasteiger partial charge in [0.25, 0.3) is 0 Å². The predicted octanol–water partition coefficient (Wildman–Crippen LogP) is 1.87. The first kappa shape index (κ1) is 16.0. The van der Waals surface area contributed by atoms with Crippen molar-refractivity contribution in [1.29, 1.82) is 0 Å². The predicted molar refractivity (Wildman–Crippen MR) is 83.9 cm³/mol. The van der Waals surface area contributed by atoms with E-state index in [4.69, 9.17) is 0 Å². The normalized spacial score (nSPS) is 19.9. The third-order valence-corrected chi connectivity index (χ3v) is 5.73. The van der Waals surface area contributed by atoms with Gasteiger partial charge in [0.05, 0.1) is 11.5 Å². The number of amides is 1. The Morgan fingerprint density at radius 2 is 1.81 bits per heavy atom. The lowest BCUT2D eigenvalue weighted by atomic mass is 9.99. The Balaban J connectivity index is 1.84. The Hall–Kier alpha value is -1.36. The minimum atomic E-state index is -2.88. The first-order chi connectivity index (χ1) is 9.85. The Kier molecular flexibility index (Phi) is 5.04. The molecule has 1 amide bonds. The summed E-state index contributed by atoms with van der Waals surface area (Å²) < 4.78 is 22.7. The molecule has 0 aliphatic carbocycles. The molecule has 1 saturated heterocycles. The van der Waals surface area contributed by atoms with Crippen LogP contribution in [0.25, 0.3) is 0 Å². The number of aryl methyl sites for hydroxylation is 1. The van der Waals surface area contributed by atoms with Crippen LogP contribution >= 0.6 is 0 Å². The van der Waals surface area contributed by atoms with Crippen LogP contribution < -0.4 is 5.32 Å². The van der Waals surface area contributed by atoms with Crippen molar-refractivity contribution in [3.05, 3.63) is 35.4 Å². The third-order valence-electron chi connectivity index (χ3n) is 4.01. The van der Waals surface area contributed by atoms with Gasteiger partial charge < -0.3 is 5.32 Å². The molecule has 21 heavy (non-hydrogen) atoms. The van der Waals surface area contributed by atoms with E-state index in [9.17, 15) is 13.2 Å². The number of nitrogens with one attached hydrogen (secondary N) is 1. The molecule has 0 bridgehead atoms. The summed E-state index contributed by atoms with van der Waals surface area (Å²) in [6, 6.07) is 8.19. The van der Waals surface area contributed by atoms with Gasteiger partial charge in [-0.05, 0) is 31.7 Å². The smallest absolute Gasteiger partial charge is 0.223 e. The standard InChI is InChI=1S/C16H23NO3S/c1-12-3-5-14(6-4-12)11-13(2)16(18)17-15-7-9-21(19,20)10-8-15/h3-6,13,15H,7-11H2,1-2H3,(H,17,18)/t13-/m0/s1. The van der Waals surface area contributed by atoms with E-state index in [-0.39, 0.29) is 29.4 Å². The molecule has 1 aliphatic rings. The number of benzene rings is 1. The summed E-state index contributed by atoms with van der Waals surface area (Å²) in [5.74, 6) is 0.278.